The third-order valence-corrected chi connectivity index (χ3v) is 3.29. The SMILES string of the molecule is OCC(COc1ccc(C(F)(F)F)cc1)Cc1ccccc1. The molecule has 0 fully saturated rings. The van der Waals surface area contributed by atoms with E-state index in [1.54, 1.807) is 0 Å². The first-order chi connectivity index (χ1) is 10.5. The minimum Gasteiger partial charge on any atom is -0.493 e. The van der Waals surface area contributed by atoms with Gasteiger partial charge in [-0.3, -0.25) is 0 Å². The highest BCUT2D eigenvalue weighted by Crippen LogP contribution is 2.30. The molecule has 0 radical (unpaired) electrons. The molecule has 0 aliphatic carbocycles. The Hall–Kier alpha value is -2.01. The third kappa shape index (κ3) is 4.77. The molecule has 0 heterocycles. The van der Waals surface area contributed by atoms with Crippen molar-refractivity contribution < 1.29 is 23.0 Å². The molecular formula is C17H17F3O2. The number of rotatable bonds is 6. The van der Waals surface area contributed by atoms with E-state index in [1.807, 2.05) is 30.3 Å². The van der Waals surface area contributed by atoms with E-state index in [1.165, 1.54) is 12.1 Å². The first-order valence-corrected chi connectivity index (χ1v) is 6.94. The number of aliphatic hydroxyl groups is 1. The van der Waals surface area contributed by atoms with Crippen molar-refractivity contribution in [3.8, 4) is 5.75 Å². The van der Waals surface area contributed by atoms with Gasteiger partial charge >= 0.3 is 6.18 Å². The normalized spacial score (nSPS) is 12.9. The highest BCUT2D eigenvalue weighted by molar-refractivity contribution is 5.28. The minimum absolute atomic E-state index is 0.0461. The van der Waals surface area contributed by atoms with Gasteiger partial charge in [0.05, 0.1) is 12.2 Å². The second-order valence-electron chi connectivity index (χ2n) is 5.07. The maximum Gasteiger partial charge on any atom is 0.416 e. The fourth-order valence-corrected chi connectivity index (χ4v) is 2.08. The molecule has 118 valence electrons. The van der Waals surface area contributed by atoms with E-state index >= 15 is 0 Å². The van der Waals surface area contributed by atoms with Gasteiger partial charge in [0.15, 0.2) is 0 Å². The zero-order valence-corrected chi connectivity index (χ0v) is 11.9. The molecule has 5 heteroatoms. The Balaban J connectivity index is 1.90. The smallest absolute Gasteiger partial charge is 0.416 e. The second kappa shape index (κ2) is 7.31. The van der Waals surface area contributed by atoms with E-state index in [9.17, 15) is 18.3 Å². The van der Waals surface area contributed by atoms with Gasteiger partial charge in [-0.25, -0.2) is 0 Å². The summed E-state index contributed by atoms with van der Waals surface area (Å²) < 4.78 is 42.8. The lowest BCUT2D eigenvalue weighted by atomic mass is 10.0. The molecule has 1 unspecified atom stereocenters. The van der Waals surface area contributed by atoms with Gasteiger partial charge in [-0.2, -0.15) is 13.2 Å². The maximum absolute atomic E-state index is 12.5. The van der Waals surface area contributed by atoms with Gasteiger partial charge in [0.25, 0.3) is 0 Å². The monoisotopic (exact) mass is 310 g/mol. The van der Waals surface area contributed by atoms with Gasteiger partial charge in [-0.15, -0.1) is 0 Å². The first kappa shape index (κ1) is 16.4. The fourth-order valence-electron chi connectivity index (χ4n) is 2.08. The summed E-state index contributed by atoms with van der Waals surface area (Å²) in [5, 5.41) is 9.39. The maximum atomic E-state index is 12.5. The number of halogens is 3. The van der Waals surface area contributed by atoms with Crippen LogP contribution < -0.4 is 4.74 Å². The first-order valence-electron chi connectivity index (χ1n) is 6.94. The topological polar surface area (TPSA) is 29.5 Å². The second-order valence-corrected chi connectivity index (χ2v) is 5.07. The molecule has 0 bridgehead atoms. The third-order valence-electron chi connectivity index (χ3n) is 3.29. The molecule has 0 saturated heterocycles. The summed E-state index contributed by atoms with van der Waals surface area (Å²) in [6.07, 6.45) is -3.70. The molecule has 0 aromatic heterocycles. The van der Waals surface area contributed by atoms with E-state index in [4.69, 9.17) is 4.74 Å². The molecular weight excluding hydrogens is 293 g/mol. The fraction of sp³-hybridized carbons (Fsp3) is 0.294. The zero-order valence-electron chi connectivity index (χ0n) is 11.9. The molecule has 2 aromatic rings. The molecule has 2 nitrogen and oxygen atoms in total. The Morgan fingerprint density at radius 3 is 2.14 bits per heavy atom. The summed E-state index contributed by atoms with van der Waals surface area (Å²) in [7, 11) is 0. The number of ether oxygens (including phenoxy) is 1. The van der Waals surface area contributed by atoms with Crippen LogP contribution in [0.15, 0.2) is 54.6 Å². The Labute approximate surface area is 127 Å². The van der Waals surface area contributed by atoms with E-state index < -0.39 is 11.7 Å². The van der Waals surface area contributed by atoms with Crippen LogP contribution in [-0.4, -0.2) is 18.3 Å². The summed E-state index contributed by atoms with van der Waals surface area (Å²) in [4.78, 5) is 0. The van der Waals surface area contributed by atoms with Crippen LogP contribution in [0.25, 0.3) is 0 Å². The number of alkyl halides is 3. The van der Waals surface area contributed by atoms with E-state index in [-0.39, 0.29) is 19.1 Å². The molecule has 2 aromatic carbocycles. The Kier molecular flexibility index (Phi) is 5.44. The molecule has 22 heavy (non-hydrogen) atoms. The number of aliphatic hydroxyl groups excluding tert-OH is 1. The van der Waals surface area contributed by atoms with Crippen molar-refractivity contribution >= 4 is 0 Å². The van der Waals surface area contributed by atoms with Gasteiger partial charge in [-0.05, 0) is 36.2 Å². The van der Waals surface area contributed by atoms with E-state index in [0.29, 0.717) is 12.2 Å². The highest BCUT2D eigenvalue weighted by Gasteiger charge is 2.30. The quantitative estimate of drug-likeness (QED) is 0.876. The molecule has 0 aliphatic rings. The van der Waals surface area contributed by atoms with Gasteiger partial charge in [0.2, 0.25) is 0 Å². The van der Waals surface area contributed by atoms with Crippen molar-refractivity contribution in [1.29, 1.82) is 0 Å². The number of benzene rings is 2. The van der Waals surface area contributed by atoms with Crippen LogP contribution in [0.1, 0.15) is 11.1 Å². The molecule has 2 rings (SSSR count). The summed E-state index contributed by atoms with van der Waals surface area (Å²) in [5.74, 6) is 0.254. The average molecular weight is 310 g/mol. The molecule has 1 N–H and O–H groups in total. The van der Waals surface area contributed by atoms with Crippen LogP contribution in [0.2, 0.25) is 0 Å². The van der Waals surface area contributed by atoms with E-state index in [2.05, 4.69) is 0 Å². The van der Waals surface area contributed by atoms with Crippen LogP contribution in [0.3, 0.4) is 0 Å². The van der Waals surface area contributed by atoms with Crippen molar-refractivity contribution in [2.75, 3.05) is 13.2 Å². The predicted octanol–water partition coefficient (Wildman–Crippen LogP) is 3.94. The van der Waals surface area contributed by atoms with Crippen LogP contribution in [0.5, 0.6) is 5.75 Å². The van der Waals surface area contributed by atoms with Crippen LogP contribution >= 0.6 is 0 Å². The van der Waals surface area contributed by atoms with Gasteiger partial charge in [-0.1, -0.05) is 30.3 Å². The zero-order chi connectivity index (χ0) is 16.0. The largest absolute Gasteiger partial charge is 0.493 e. The Bertz CT molecular complexity index is 565. The van der Waals surface area contributed by atoms with Crippen LogP contribution in [0, 0.1) is 5.92 Å². The summed E-state index contributed by atoms with van der Waals surface area (Å²) in [6, 6.07) is 14.2. The van der Waals surface area contributed by atoms with Gasteiger partial charge in [0, 0.05) is 12.5 Å². The van der Waals surface area contributed by atoms with Gasteiger partial charge in [0.1, 0.15) is 5.75 Å². The summed E-state index contributed by atoms with van der Waals surface area (Å²) in [5.41, 5.74) is 0.375. The van der Waals surface area contributed by atoms with Crippen molar-refractivity contribution in [2.45, 2.75) is 12.6 Å². The number of hydrogen-bond acceptors (Lipinski definition) is 2. The summed E-state index contributed by atoms with van der Waals surface area (Å²) in [6.45, 7) is 0.201. The molecule has 0 aliphatic heterocycles. The highest BCUT2D eigenvalue weighted by atomic mass is 19.4. The average Bonchev–Trinajstić information content (AvgIpc) is 2.52. The summed E-state index contributed by atoms with van der Waals surface area (Å²) >= 11 is 0. The van der Waals surface area contributed by atoms with E-state index in [0.717, 1.165) is 17.7 Å². The lowest BCUT2D eigenvalue weighted by Crippen LogP contribution is -2.18. The lowest BCUT2D eigenvalue weighted by Gasteiger charge is -2.16. The van der Waals surface area contributed by atoms with Crippen molar-refractivity contribution in [3.63, 3.8) is 0 Å². The predicted molar refractivity (Wildman–Crippen MR) is 77.7 cm³/mol. The van der Waals surface area contributed by atoms with Crippen molar-refractivity contribution in [1.82, 2.24) is 0 Å². The molecule has 0 spiro atoms. The Morgan fingerprint density at radius 1 is 0.955 bits per heavy atom. The minimum atomic E-state index is -4.35. The van der Waals surface area contributed by atoms with Crippen molar-refractivity contribution in [3.05, 3.63) is 65.7 Å². The number of hydrogen-bond donors (Lipinski definition) is 1. The molecule has 0 amide bonds. The van der Waals surface area contributed by atoms with Gasteiger partial charge < -0.3 is 9.84 Å². The Morgan fingerprint density at radius 2 is 1.59 bits per heavy atom. The molecule has 1 atom stereocenters. The standard InChI is InChI=1S/C17H17F3O2/c18-17(19,20)15-6-8-16(9-7-15)22-12-14(11-21)10-13-4-2-1-3-5-13/h1-9,14,21H,10-12H2. The van der Waals surface area contributed by atoms with Crippen molar-refractivity contribution in [2.24, 2.45) is 5.92 Å². The molecule has 0 saturated carbocycles. The lowest BCUT2D eigenvalue weighted by molar-refractivity contribution is -0.137. The van der Waals surface area contributed by atoms with Crippen LogP contribution in [-0.2, 0) is 12.6 Å². The van der Waals surface area contributed by atoms with Crippen LogP contribution in [0.4, 0.5) is 13.2 Å².